The summed E-state index contributed by atoms with van der Waals surface area (Å²) in [7, 11) is 0. The third kappa shape index (κ3) is 42.1. The lowest BCUT2D eigenvalue weighted by Gasteiger charge is -2.14. The van der Waals surface area contributed by atoms with Gasteiger partial charge in [-0.2, -0.15) is 0 Å². The standard InChI is InChI=1S/C41H75N5O13/c1-34(47)42-22-16-17-23-43-38(50)32-58-30-29-57-27-25-45-39(51)33-59-31-28-56-26-24-44-36(48)21-20-35(41(54)55)46-37(49)18-14-12-10-8-6-4-2-3-5-7-9-11-13-15-19-40(52)53/h35H,2-33H2,1H3,(H,42,47)(H,43,50)(H,44,48)(H,45,51)(H,46,49)(H,52,53)(H,54,55)/t35-/m0/s1. The average molecular weight is 846 g/mol. The van der Waals surface area contributed by atoms with Crippen molar-refractivity contribution in [2.75, 3.05) is 79.0 Å². The molecule has 342 valence electrons. The summed E-state index contributed by atoms with van der Waals surface area (Å²) in [6.45, 7) is 4.14. The van der Waals surface area contributed by atoms with E-state index in [2.05, 4.69) is 26.6 Å². The van der Waals surface area contributed by atoms with Crippen LogP contribution in [0.2, 0.25) is 0 Å². The Labute approximate surface area is 350 Å². The van der Waals surface area contributed by atoms with E-state index >= 15 is 0 Å². The summed E-state index contributed by atoms with van der Waals surface area (Å²) in [5.41, 5.74) is 0. The first-order valence-electron chi connectivity index (χ1n) is 21.6. The molecule has 0 radical (unpaired) electrons. The van der Waals surface area contributed by atoms with Gasteiger partial charge >= 0.3 is 11.9 Å². The van der Waals surface area contributed by atoms with Crippen LogP contribution in [-0.4, -0.2) is 137 Å². The quantitative estimate of drug-likeness (QED) is 0.0437. The molecular weight excluding hydrogens is 770 g/mol. The lowest BCUT2D eigenvalue weighted by Crippen LogP contribution is -2.41. The van der Waals surface area contributed by atoms with Crippen LogP contribution in [0.5, 0.6) is 0 Å². The number of rotatable bonds is 43. The van der Waals surface area contributed by atoms with Gasteiger partial charge in [0.05, 0.1) is 39.6 Å². The number of carboxylic acids is 2. The van der Waals surface area contributed by atoms with Gasteiger partial charge in [0.2, 0.25) is 29.5 Å². The molecule has 0 saturated heterocycles. The molecule has 0 aliphatic carbocycles. The van der Waals surface area contributed by atoms with Gasteiger partial charge in [-0.1, -0.05) is 77.0 Å². The zero-order valence-electron chi connectivity index (χ0n) is 35.6. The molecule has 1 atom stereocenters. The van der Waals surface area contributed by atoms with Crippen LogP contribution < -0.4 is 26.6 Å². The predicted molar refractivity (Wildman–Crippen MR) is 221 cm³/mol. The van der Waals surface area contributed by atoms with Gasteiger partial charge in [0.1, 0.15) is 19.3 Å². The normalized spacial score (nSPS) is 11.4. The highest BCUT2D eigenvalue weighted by Crippen LogP contribution is 2.14. The van der Waals surface area contributed by atoms with Crippen LogP contribution in [0.4, 0.5) is 0 Å². The number of aliphatic carboxylic acids is 2. The highest BCUT2D eigenvalue weighted by molar-refractivity contribution is 5.84. The fourth-order valence-electron chi connectivity index (χ4n) is 5.71. The first-order valence-corrected chi connectivity index (χ1v) is 21.6. The molecular formula is C41H75N5O13. The number of hydrogen-bond donors (Lipinski definition) is 7. The van der Waals surface area contributed by atoms with E-state index in [9.17, 15) is 38.7 Å². The van der Waals surface area contributed by atoms with E-state index in [4.69, 9.17) is 24.1 Å². The van der Waals surface area contributed by atoms with Crippen molar-refractivity contribution < 1.29 is 62.7 Å². The van der Waals surface area contributed by atoms with E-state index in [0.717, 1.165) is 51.4 Å². The zero-order valence-corrected chi connectivity index (χ0v) is 35.6. The molecule has 0 aromatic rings. The van der Waals surface area contributed by atoms with Crippen molar-refractivity contribution in [2.24, 2.45) is 0 Å². The maximum absolute atomic E-state index is 12.3. The second-order valence-electron chi connectivity index (χ2n) is 14.4. The van der Waals surface area contributed by atoms with E-state index in [-0.39, 0.29) is 121 Å². The lowest BCUT2D eigenvalue weighted by molar-refractivity contribution is -0.142. The van der Waals surface area contributed by atoms with Crippen LogP contribution in [0.3, 0.4) is 0 Å². The van der Waals surface area contributed by atoms with E-state index in [1.54, 1.807) is 0 Å². The third-order valence-electron chi connectivity index (χ3n) is 8.99. The molecule has 0 aliphatic rings. The van der Waals surface area contributed by atoms with Gasteiger partial charge in [-0.3, -0.25) is 28.8 Å². The van der Waals surface area contributed by atoms with Gasteiger partial charge < -0.3 is 55.7 Å². The Hall–Kier alpha value is -3.87. The number of ether oxygens (including phenoxy) is 4. The number of unbranched alkanes of at least 4 members (excludes halogenated alkanes) is 14. The average Bonchev–Trinajstić information content (AvgIpc) is 3.19. The maximum Gasteiger partial charge on any atom is 0.326 e. The Bertz CT molecular complexity index is 1150. The summed E-state index contributed by atoms with van der Waals surface area (Å²) in [6, 6.07) is -1.14. The summed E-state index contributed by atoms with van der Waals surface area (Å²) < 4.78 is 21.3. The number of carboxylic acid groups (broad SMARTS) is 2. The molecule has 18 nitrogen and oxygen atoms in total. The molecule has 18 heteroatoms. The fraction of sp³-hybridized carbons (Fsp3) is 0.829. The maximum atomic E-state index is 12.3. The zero-order chi connectivity index (χ0) is 43.6. The Morgan fingerprint density at radius 2 is 0.831 bits per heavy atom. The Kier molecular flexibility index (Phi) is 38.2. The molecule has 0 aliphatic heterocycles. The van der Waals surface area contributed by atoms with Gasteiger partial charge in [-0.25, -0.2) is 4.79 Å². The number of nitrogens with one attached hydrogen (secondary N) is 5. The van der Waals surface area contributed by atoms with Gasteiger partial charge in [-0.05, 0) is 32.1 Å². The molecule has 0 aromatic carbocycles. The van der Waals surface area contributed by atoms with Crippen LogP contribution in [0.25, 0.3) is 0 Å². The minimum Gasteiger partial charge on any atom is -0.481 e. The molecule has 59 heavy (non-hydrogen) atoms. The largest absolute Gasteiger partial charge is 0.481 e. The fourth-order valence-corrected chi connectivity index (χ4v) is 5.71. The number of amides is 5. The Balaban J connectivity index is 3.64. The van der Waals surface area contributed by atoms with Crippen LogP contribution in [0, 0.1) is 0 Å². The summed E-state index contributed by atoms with van der Waals surface area (Å²) in [5, 5.41) is 31.4. The third-order valence-corrected chi connectivity index (χ3v) is 8.99. The molecule has 7 N–H and O–H groups in total. The highest BCUT2D eigenvalue weighted by Gasteiger charge is 2.20. The molecule has 0 unspecified atom stereocenters. The minimum atomic E-state index is -1.18. The van der Waals surface area contributed by atoms with Gasteiger partial charge in [0, 0.05) is 52.4 Å². The monoisotopic (exact) mass is 846 g/mol. The van der Waals surface area contributed by atoms with E-state index in [1.807, 2.05) is 0 Å². The van der Waals surface area contributed by atoms with Crippen molar-refractivity contribution in [2.45, 2.75) is 141 Å². The minimum absolute atomic E-state index is 0.0255. The van der Waals surface area contributed by atoms with Crippen molar-refractivity contribution in [3.05, 3.63) is 0 Å². The van der Waals surface area contributed by atoms with Crippen molar-refractivity contribution in [1.82, 2.24) is 26.6 Å². The van der Waals surface area contributed by atoms with E-state index < -0.39 is 18.0 Å². The SMILES string of the molecule is CC(=O)NCCCCNC(=O)COCCOCCNC(=O)COCCOCCNC(=O)CC[C@H](NC(=O)CCCCCCCCCCCCCCCCC(=O)O)C(=O)O. The van der Waals surface area contributed by atoms with Gasteiger partial charge in [0.25, 0.3) is 0 Å². The van der Waals surface area contributed by atoms with Crippen LogP contribution in [-0.2, 0) is 52.5 Å². The summed E-state index contributed by atoms with van der Waals surface area (Å²) in [4.78, 5) is 81.0. The number of carbonyl (C=O) groups is 7. The topological polar surface area (TPSA) is 257 Å². The number of carbonyl (C=O) groups excluding carboxylic acids is 5. The summed E-state index contributed by atoms with van der Waals surface area (Å²) in [6.07, 6.45) is 17.0. The van der Waals surface area contributed by atoms with Crippen molar-refractivity contribution in [3.8, 4) is 0 Å². The van der Waals surface area contributed by atoms with Crippen molar-refractivity contribution >= 4 is 41.5 Å². The summed E-state index contributed by atoms with van der Waals surface area (Å²) >= 11 is 0. The van der Waals surface area contributed by atoms with Crippen molar-refractivity contribution in [1.29, 1.82) is 0 Å². The first-order chi connectivity index (χ1) is 28.5. The molecule has 0 heterocycles. The van der Waals surface area contributed by atoms with Crippen LogP contribution in [0.15, 0.2) is 0 Å². The first kappa shape index (κ1) is 55.1. The molecule has 0 rings (SSSR count). The summed E-state index contributed by atoms with van der Waals surface area (Å²) in [5.74, 6) is -3.20. The van der Waals surface area contributed by atoms with Crippen LogP contribution in [0.1, 0.15) is 135 Å². The van der Waals surface area contributed by atoms with Gasteiger partial charge in [0.15, 0.2) is 0 Å². The predicted octanol–water partition coefficient (Wildman–Crippen LogP) is 2.99. The molecule has 5 amide bonds. The van der Waals surface area contributed by atoms with Crippen LogP contribution >= 0.6 is 0 Å². The highest BCUT2D eigenvalue weighted by atomic mass is 16.5. The molecule has 0 fully saturated rings. The Morgan fingerprint density at radius 3 is 1.29 bits per heavy atom. The van der Waals surface area contributed by atoms with Gasteiger partial charge in [-0.15, -0.1) is 0 Å². The molecule has 0 aromatic heterocycles. The molecule has 0 saturated carbocycles. The second kappa shape index (κ2) is 40.9. The number of hydrogen-bond acceptors (Lipinski definition) is 11. The van der Waals surface area contributed by atoms with E-state index in [0.29, 0.717) is 19.5 Å². The van der Waals surface area contributed by atoms with Crippen molar-refractivity contribution in [3.63, 3.8) is 0 Å². The second-order valence-corrected chi connectivity index (χ2v) is 14.4. The molecule has 0 bridgehead atoms. The lowest BCUT2D eigenvalue weighted by atomic mass is 10.0. The smallest absolute Gasteiger partial charge is 0.326 e. The molecule has 0 spiro atoms. The van der Waals surface area contributed by atoms with E-state index in [1.165, 1.54) is 51.9 Å². The Morgan fingerprint density at radius 1 is 0.424 bits per heavy atom.